The van der Waals surface area contributed by atoms with Crippen molar-refractivity contribution in [3.8, 4) is 5.75 Å². The number of halogens is 1. The van der Waals surface area contributed by atoms with Crippen LogP contribution < -0.4 is 10.1 Å². The van der Waals surface area contributed by atoms with Crippen LogP contribution in [0.5, 0.6) is 5.75 Å². The Kier molecular flexibility index (Phi) is 5.95. The third-order valence-electron chi connectivity index (χ3n) is 3.22. The molecule has 112 valence electrons. The van der Waals surface area contributed by atoms with E-state index in [2.05, 4.69) is 5.32 Å². The van der Waals surface area contributed by atoms with Gasteiger partial charge in [0.15, 0.2) is 11.6 Å². The molecule has 1 aromatic rings. The lowest BCUT2D eigenvalue weighted by atomic mass is 10.0. The summed E-state index contributed by atoms with van der Waals surface area (Å²) in [6.07, 6.45) is -0.606. The lowest BCUT2D eigenvalue weighted by Crippen LogP contribution is -2.31. The molecule has 2 atom stereocenters. The Morgan fingerprint density at radius 2 is 2.05 bits per heavy atom. The summed E-state index contributed by atoms with van der Waals surface area (Å²) in [5.74, 6) is -0.500. The molecular weight excluding hydrogens is 261 g/mol. The zero-order valence-electron chi connectivity index (χ0n) is 12.3. The molecule has 2 N–H and O–H groups in total. The van der Waals surface area contributed by atoms with Crippen molar-refractivity contribution >= 4 is 5.91 Å². The topological polar surface area (TPSA) is 58.6 Å². The minimum absolute atomic E-state index is 0.0296. The SMILES string of the molecule is COc1cc(C(C)NC(=O)CC(O)C(C)C)ccc1F. The highest BCUT2D eigenvalue weighted by molar-refractivity contribution is 5.76. The first-order valence-electron chi connectivity index (χ1n) is 6.66. The van der Waals surface area contributed by atoms with Crippen molar-refractivity contribution in [3.63, 3.8) is 0 Å². The van der Waals surface area contributed by atoms with Gasteiger partial charge in [0.25, 0.3) is 0 Å². The van der Waals surface area contributed by atoms with E-state index < -0.39 is 11.9 Å². The van der Waals surface area contributed by atoms with Gasteiger partial charge in [0.2, 0.25) is 5.91 Å². The smallest absolute Gasteiger partial charge is 0.223 e. The Bertz CT molecular complexity index is 462. The number of hydrogen-bond donors (Lipinski definition) is 2. The molecule has 0 spiro atoms. The minimum Gasteiger partial charge on any atom is -0.494 e. The van der Waals surface area contributed by atoms with Crippen molar-refractivity contribution in [3.05, 3.63) is 29.6 Å². The normalized spacial score (nSPS) is 13.9. The molecule has 5 heteroatoms. The second kappa shape index (κ2) is 7.24. The van der Waals surface area contributed by atoms with E-state index in [-0.39, 0.29) is 30.0 Å². The van der Waals surface area contributed by atoms with Crippen molar-refractivity contribution in [2.45, 2.75) is 39.3 Å². The summed E-state index contributed by atoms with van der Waals surface area (Å²) >= 11 is 0. The van der Waals surface area contributed by atoms with Crippen molar-refractivity contribution in [2.24, 2.45) is 5.92 Å². The maximum absolute atomic E-state index is 13.3. The average Bonchev–Trinajstić information content (AvgIpc) is 2.38. The Hall–Kier alpha value is -1.62. The summed E-state index contributed by atoms with van der Waals surface area (Å²) in [7, 11) is 1.39. The van der Waals surface area contributed by atoms with Crippen molar-refractivity contribution in [1.29, 1.82) is 0 Å². The van der Waals surface area contributed by atoms with E-state index in [1.165, 1.54) is 13.2 Å². The van der Waals surface area contributed by atoms with E-state index in [4.69, 9.17) is 4.74 Å². The predicted molar refractivity (Wildman–Crippen MR) is 75.0 cm³/mol. The van der Waals surface area contributed by atoms with Gasteiger partial charge in [-0.05, 0) is 30.5 Å². The highest BCUT2D eigenvalue weighted by Crippen LogP contribution is 2.22. The van der Waals surface area contributed by atoms with Crippen LogP contribution in [-0.4, -0.2) is 24.2 Å². The van der Waals surface area contributed by atoms with Gasteiger partial charge in [0.1, 0.15) is 0 Å². The molecule has 1 amide bonds. The van der Waals surface area contributed by atoms with Gasteiger partial charge >= 0.3 is 0 Å². The van der Waals surface area contributed by atoms with Gasteiger partial charge < -0.3 is 15.2 Å². The van der Waals surface area contributed by atoms with Gasteiger partial charge in [-0.3, -0.25) is 4.79 Å². The maximum atomic E-state index is 13.3. The summed E-state index contributed by atoms with van der Waals surface area (Å²) in [6, 6.07) is 4.18. The number of carbonyl (C=O) groups is 1. The summed E-state index contributed by atoms with van der Waals surface area (Å²) < 4.78 is 18.2. The Balaban J connectivity index is 2.66. The van der Waals surface area contributed by atoms with Crippen LogP contribution in [0.3, 0.4) is 0 Å². The lowest BCUT2D eigenvalue weighted by Gasteiger charge is -2.18. The molecular formula is C15H22FNO3. The molecule has 0 fully saturated rings. The predicted octanol–water partition coefficient (Wildman–Crippen LogP) is 2.42. The summed E-state index contributed by atoms with van der Waals surface area (Å²) in [4.78, 5) is 11.8. The summed E-state index contributed by atoms with van der Waals surface area (Å²) in [5.41, 5.74) is 0.746. The number of methoxy groups -OCH3 is 1. The van der Waals surface area contributed by atoms with Gasteiger partial charge in [-0.15, -0.1) is 0 Å². The second-order valence-electron chi connectivity index (χ2n) is 5.20. The number of aliphatic hydroxyl groups excluding tert-OH is 1. The number of amides is 1. The Morgan fingerprint density at radius 3 is 2.60 bits per heavy atom. The molecule has 1 aromatic carbocycles. The maximum Gasteiger partial charge on any atom is 0.223 e. The van der Waals surface area contributed by atoms with Crippen LogP contribution in [-0.2, 0) is 4.79 Å². The monoisotopic (exact) mass is 283 g/mol. The molecule has 0 bridgehead atoms. The van der Waals surface area contributed by atoms with Gasteiger partial charge in [0, 0.05) is 0 Å². The number of nitrogens with one attached hydrogen (secondary N) is 1. The third kappa shape index (κ3) is 4.49. The zero-order chi connectivity index (χ0) is 15.3. The van der Waals surface area contributed by atoms with Crippen LogP contribution in [0, 0.1) is 11.7 Å². The fourth-order valence-electron chi connectivity index (χ4n) is 1.76. The first-order valence-corrected chi connectivity index (χ1v) is 6.66. The van der Waals surface area contributed by atoms with E-state index in [9.17, 15) is 14.3 Å². The average molecular weight is 283 g/mol. The van der Waals surface area contributed by atoms with Gasteiger partial charge in [0.05, 0.1) is 25.7 Å². The standard InChI is InChI=1S/C15H22FNO3/c1-9(2)13(18)8-15(19)17-10(3)11-5-6-12(16)14(7-11)20-4/h5-7,9-10,13,18H,8H2,1-4H3,(H,17,19). The fraction of sp³-hybridized carbons (Fsp3) is 0.533. The van der Waals surface area contributed by atoms with Crippen LogP contribution >= 0.6 is 0 Å². The van der Waals surface area contributed by atoms with Crippen LogP contribution in [0.15, 0.2) is 18.2 Å². The molecule has 0 aliphatic rings. The lowest BCUT2D eigenvalue weighted by molar-refractivity contribution is -0.124. The van der Waals surface area contributed by atoms with Gasteiger partial charge in [-0.25, -0.2) is 4.39 Å². The van der Waals surface area contributed by atoms with Crippen LogP contribution in [0.1, 0.15) is 38.8 Å². The fourth-order valence-corrected chi connectivity index (χ4v) is 1.76. The molecule has 0 aromatic heterocycles. The van der Waals surface area contributed by atoms with Crippen LogP contribution in [0.25, 0.3) is 0 Å². The number of benzene rings is 1. The summed E-state index contributed by atoms with van der Waals surface area (Å²) in [6.45, 7) is 5.50. The number of ether oxygens (including phenoxy) is 1. The third-order valence-corrected chi connectivity index (χ3v) is 3.22. The second-order valence-corrected chi connectivity index (χ2v) is 5.20. The largest absolute Gasteiger partial charge is 0.494 e. The first kappa shape index (κ1) is 16.4. The number of aliphatic hydroxyl groups is 1. The first-order chi connectivity index (χ1) is 9.35. The van der Waals surface area contributed by atoms with Crippen molar-refractivity contribution in [1.82, 2.24) is 5.32 Å². The molecule has 0 saturated heterocycles. The van der Waals surface area contributed by atoms with Crippen LogP contribution in [0.2, 0.25) is 0 Å². The Morgan fingerprint density at radius 1 is 1.40 bits per heavy atom. The molecule has 0 aliphatic heterocycles. The number of hydrogen-bond acceptors (Lipinski definition) is 3. The Labute approximate surface area is 119 Å². The molecule has 4 nitrogen and oxygen atoms in total. The zero-order valence-corrected chi connectivity index (χ0v) is 12.3. The molecule has 0 aliphatic carbocycles. The van der Waals surface area contributed by atoms with Crippen molar-refractivity contribution < 1.29 is 19.0 Å². The van der Waals surface area contributed by atoms with E-state index in [1.807, 2.05) is 13.8 Å². The van der Waals surface area contributed by atoms with E-state index >= 15 is 0 Å². The number of carbonyl (C=O) groups excluding carboxylic acids is 1. The summed E-state index contributed by atoms with van der Waals surface area (Å²) in [5, 5.41) is 12.4. The number of rotatable bonds is 6. The van der Waals surface area contributed by atoms with Gasteiger partial charge in [-0.2, -0.15) is 0 Å². The molecule has 1 rings (SSSR count). The van der Waals surface area contributed by atoms with E-state index in [0.717, 1.165) is 5.56 Å². The van der Waals surface area contributed by atoms with E-state index in [1.54, 1.807) is 19.1 Å². The molecule has 2 unspecified atom stereocenters. The molecule has 0 saturated carbocycles. The highest BCUT2D eigenvalue weighted by Gasteiger charge is 2.17. The highest BCUT2D eigenvalue weighted by atomic mass is 19.1. The quantitative estimate of drug-likeness (QED) is 0.843. The minimum atomic E-state index is -0.662. The van der Waals surface area contributed by atoms with E-state index in [0.29, 0.717) is 0 Å². The molecule has 20 heavy (non-hydrogen) atoms. The molecule has 0 radical (unpaired) electrons. The van der Waals surface area contributed by atoms with Crippen molar-refractivity contribution in [2.75, 3.05) is 7.11 Å². The van der Waals surface area contributed by atoms with Gasteiger partial charge in [-0.1, -0.05) is 19.9 Å². The van der Waals surface area contributed by atoms with Crippen LogP contribution in [0.4, 0.5) is 4.39 Å². The molecule has 0 heterocycles.